The van der Waals surface area contributed by atoms with Crippen molar-refractivity contribution < 1.29 is 39.9 Å². The molecule has 0 unspecified atom stereocenters. The number of carboxylic acids is 2. The summed E-state index contributed by atoms with van der Waals surface area (Å²) in [5, 5.41) is 42.6. The van der Waals surface area contributed by atoms with Crippen molar-refractivity contribution in [3.8, 4) is 0 Å². The molecule has 0 aliphatic carbocycles. The van der Waals surface area contributed by atoms with Crippen molar-refractivity contribution in [2.75, 3.05) is 33.0 Å². The molecule has 0 radical (unpaired) electrons. The largest absolute Gasteiger partial charge is 0.481 e. The molecule has 0 bridgehead atoms. The van der Waals surface area contributed by atoms with Gasteiger partial charge in [0, 0.05) is 6.61 Å². The Kier molecular flexibility index (Phi) is 14.4. The Bertz CT molecular complexity index is 253. The van der Waals surface area contributed by atoms with Crippen LogP contribution in [0.1, 0.15) is 32.6 Å². The van der Waals surface area contributed by atoms with Crippen LogP contribution < -0.4 is 0 Å². The fourth-order valence-corrected chi connectivity index (χ4v) is 1.04. The molecule has 0 saturated carbocycles. The van der Waals surface area contributed by atoms with E-state index in [4.69, 9.17) is 30.3 Å². The number of carbonyl (C=O) groups is 2. The standard InChI is InChI=1S/C9H20O4.C4H6O4/c1-2-3-4-13-8-9(5-10,6-11)7-12;5-3(6)1-2-4(7)8/h10-12H,2-8H2,1H3;1-2H2,(H,5,6)(H,7,8). The Morgan fingerprint density at radius 1 is 0.952 bits per heavy atom. The first kappa shape index (κ1) is 22.1. The molecule has 0 fully saturated rings. The van der Waals surface area contributed by atoms with Gasteiger partial charge in [0.05, 0.1) is 44.7 Å². The van der Waals surface area contributed by atoms with Crippen LogP contribution in [0, 0.1) is 5.41 Å². The highest BCUT2D eigenvalue weighted by Crippen LogP contribution is 2.14. The minimum Gasteiger partial charge on any atom is -0.481 e. The highest BCUT2D eigenvalue weighted by atomic mass is 16.5. The second-order valence-electron chi connectivity index (χ2n) is 4.67. The third kappa shape index (κ3) is 13.5. The molecule has 0 rings (SSSR count). The number of hydrogen-bond donors (Lipinski definition) is 5. The lowest BCUT2D eigenvalue weighted by Gasteiger charge is -2.26. The molecule has 0 aliphatic heterocycles. The number of aliphatic hydroxyl groups is 3. The van der Waals surface area contributed by atoms with E-state index in [2.05, 4.69) is 6.92 Å². The second kappa shape index (κ2) is 13.7. The lowest BCUT2D eigenvalue weighted by molar-refractivity contribution is -0.143. The first-order valence-corrected chi connectivity index (χ1v) is 6.71. The monoisotopic (exact) mass is 310 g/mol. The number of unbranched alkanes of at least 4 members (excludes halogenated alkanes) is 1. The molecule has 0 aromatic heterocycles. The first-order chi connectivity index (χ1) is 9.87. The van der Waals surface area contributed by atoms with Gasteiger partial charge in [0.25, 0.3) is 0 Å². The number of ether oxygens (including phenoxy) is 1. The summed E-state index contributed by atoms with van der Waals surface area (Å²) in [5.74, 6) is -2.15. The van der Waals surface area contributed by atoms with Crippen LogP contribution in [-0.2, 0) is 14.3 Å². The van der Waals surface area contributed by atoms with Crippen molar-refractivity contribution in [2.24, 2.45) is 5.41 Å². The lowest BCUT2D eigenvalue weighted by Crippen LogP contribution is -2.38. The van der Waals surface area contributed by atoms with Crippen LogP contribution in [0.4, 0.5) is 0 Å². The average molecular weight is 310 g/mol. The number of carboxylic acid groups (broad SMARTS) is 2. The molecule has 0 aromatic rings. The van der Waals surface area contributed by atoms with Crippen molar-refractivity contribution >= 4 is 11.9 Å². The van der Waals surface area contributed by atoms with E-state index in [1.54, 1.807) is 0 Å². The fraction of sp³-hybridized carbons (Fsp3) is 0.846. The van der Waals surface area contributed by atoms with Crippen LogP contribution in [-0.4, -0.2) is 70.5 Å². The third-order valence-corrected chi connectivity index (χ3v) is 2.61. The van der Waals surface area contributed by atoms with Gasteiger partial charge in [0.15, 0.2) is 0 Å². The zero-order valence-corrected chi connectivity index (χ0v) is 12.3. The molecular formula is C13H26O8. The van der Waals surface area contributed by atoms with Gasteiger partial charge < -0.3 is 30.3 Å². The van der Waals surface area contributed by atoms with Crippen LogP contribution in [0.5, 0.6) is 0 Å². The molecule has 21 heavy (non-hydrogen) atoms. The topological polar surface area (TPSA) is 145 Å². The van der Waals surface area contributed by atoms with Crippen LogP contribution in [0.2, 0.25) is 0 Å². The second-order valence-corrected chi connectivity index (χ2v) is 4.67. The molecule has 0 saturated heterocycles. The van der Waals surface area contributed by atoms with Crippen molar-refractivity contribution in [2.45, 2.75) is 32.6 Å². The maximum atomic E-state index is 9.64. The Balaban J connectivity index is 0. The summed E-state index contributed by atoms with van der Waals surface area (Å²) in [7, 11) is 0. The lowest BCUT2D eigenvalue weighted by atomic mass is 9.93. The molecule has 5 N–H and O–H groups in total. The van der Waals surface area contributed by atoms with Crippen molar-refractivity contribution in [1.29, 1.82) is 0 Å². The molecule has 0 spiro atoms. The normalized spacial score (nSPS) is 10.7. The van der Waals surface area contributed by atoms with E-state index in [0.29, 0.717) is 6.61 Å². The zero-order valence-electron chi connectivity index (χ0n) is 12.3. The predicted molar refractivity (Wildman–Crippen MR) is 73.9 cm³/mol. The molecule has 126 valence electrons. The number of aliphatic carboxylic acids is 2. The summed E-state index contributed by atoms with van der Waals surface area (Å²) >= 11 is 0. The molecule has 8 nitrogen and oxygen atoms in total. The Hall–Kier alpha value is -1.22. The highest BCUT2D eigenvalue weighted by Gasteiger charge is 2.28. The summed E-state index contributed by atoms with van der Waals surface area (Å²) in [6.45, 7) is 2.10. The number of aliphatic hydroxyl groups excluding tert-OH is 3. The van der Waals surface area contributed by atoms with E-state index in [1.807, 2.05) is 0 Å². The van der Waals surface area contributed by atoms with Crippen LogP contribution in [0.3, 0.4) is 0 Å². The average Bonchev–Trinajstić information content (AvgIpc) is 2.47. The number of hydrogen-bond acceptors (Lipinski definition) is 6. The molecule has 0 atom stereocenters. The summed E-state index contributed by atoms with van der Waals surface area (Å²) in [6.07, 6.45) is 1.41. The molecule has 0 aromatic carbocycles. The van der Waals surface area contributed by atoms with Gasteiger partial charge in [-0.15, -0.1) is 0 Å². The molecule has 0 aliphatic rings. The molecular weight excluding hydrogens is 284 g/mol. The Labute approximate surface area is 124 Å². The predicted octanol–water partition coefficient (Wildman–Crippen LogP) is -0.298. The summed E-state index contributed by atoms with van der Waals surface area (Å²) in [5.41, 5.74) is -0.881. The first-order valence-electron chi connectivity index (χ1n) is 6.71. The zero-order chi connectivity index (χ0) is 16.7. The van der Waals surface area contributed by atoms with Gasteiger partial charge in [0.1, 0.15) is 0 Å². The van der Waals surface area contributed by atoms with E-state index < -0.39 is 17.4 Å². The smallest absolute Gasteiger partial charge is 0.303 e. The molecule has 8 heteroatoms. The van der Waals surface area contributed by atoms with Gasteiger partial charge in [-0.2, -0.15) is 0 Å². The summed E-state index contributed by atoms with van der Waals surface area (Å²) < 4.78 is 5.23. The maximum Gasteiger partial charge on any atom is 0.303 e. The van der Waals surface area contributed by atoms with Gasteiger partial charge in [-0.3, -0.25) is 9.59 Å². The van der Waals surface area contributed by atoms with Crippen LogP contribution in [0.15, 0.2) is 0 Å². The third-order valence-electron chi connectivity index (χ3n) is 2.61. The van der Waals surface area contributed by atoms with Gasteiger partial charge in [-0.05, 0) is 6.42 Å². The fourth-order valence-electron chi connectivity index (χ4n) is 1.04. The quantitative estimate of drug-likeness (QED) is 0.327. The van der Waals surface area contributed by atoms with Gasteiger partial charge in [0.2, 0.25) is 0 Å². The van der Waals surface area contributed by atoms with E-state index in [-0.39, 0.29) is 39.3 Å². The molecule has 0 heterocycles. The minimum absolute atomic E-state index is 0.205. The number of rotatable bonds is 11. The van der Waals surface area contributed by atoms with Crippen LogP contribution in [0.25, 0.3) is 0 Å². The minimum atomic E-state index is -1.08. The van der Waals surface area contributed by atoms with E-state index in [1.165, 1.54) is 0 Å². The van der Waals surface area contributed by atoms with E-state index >= 15 is 0 Å². The Morgan fingerprint density at radius 2 is 1.38 bits per heavy atom. The molecule has 0 amide bonds. The van der Waals surface area contributed by atoms with E-state index in [0.717, 1.165) is 12.8 Å². The van der Waals surface area contributed by atoms with Gasteiger partial charge in [-0.1, -0.05) is 13.3 Å². The van der Waals surface area contributed by atoms with Gasteiger partial charge >= 0.3 is 11.9 Å². The van der Waals surface area contributed by atoms with Crippen molar-refractivity contribution in [1.82, 2.24) is 0 Å². The van der Waals surface area contributed by atoms with Crippen molar-refractivity contribution in [3.05, 3.63) is 0 Å². The Morgan fingerprint density at radius 3 is 1.67 bits per heavy atom. The van der Waals surface area contributed by atoms with Crippen LogP contribution >= 0.6 is 0 Å². The van der Waals surface area contributed by atoms with E-state index in [9.17, 15) is 9.59 Å². The van der Waals surface area contributed by atoms with Crippen molar-refractivity contribution in [3.63, 3.8) is 0 Å². The highest BCUT2D eigenvalue weighted by molar-refractivity contribution is 5.75. The maximum absolute atomic E-state index is 9.64. The van der Waals surface area contributed by atoms with Gasteiger partial charge in [-0.25, -0.2) is 0 Å². The summed E-state index contributed by atoms with van der Waals surface area (Å²) in [6, 6.07) is 0. The SMILES string of the molecule is CCCCOCC(CO)(CO)CO.O=C(O)CCC(=O)O. The summed E-state index contributed by atoms with van der Waals surface area (Å²) in [4.78, 5) is 19.3.